The number of benzene rings is 3. The monoisotopic (exact) mass is 636 g/mol. The standard InChI is InChI=1S/C30H36O3S6/c1-19-7-25-16-37-36-15-24-12-30(33-6)27(9-21(24)3)18-39-38-17-26-8-20(2)23(11-29(26)32-5)14-35-34-13-22(19)10-28(25)31-4/h7-12H,13-18H2,1-6H3. The largest absolute Gasteiger partial charge is 0.496 e. The lowest BCUT2D eigenvalue weighted by Gasteiger charge is -2.16. The Bertz CT molecular complexity index is 1280. The van der Waals surface area contributed by atoms with E-state index in [2.05, 4.69) is 57.2 Å². The van der Waals surface area contributed by atoms with Gasteiger partial charge in [-0.15, -0.1) is 0 Å². The molecule has 3 aromatic carbocycles. The maximum Gasteiger partial charge on any atom is 0.123 e. The minimum Gasteiger partial charge on any atom is -0.496 e. The highest BCUT2D eigenvalue weighted by Crippen LogP contribution is 2.40. The summed E-state index contributed by atoms with van der Waals surface area (Å²) >= 11 is 0. The van der Waals surface area contributed by atoms with Gasteiger partial charge in [0.25, 0.3) is 0 Å². The molecule has 3 nitrogen and oxygen atoms in total. The topological polar surface area (TPSA) is 27.7 Å². The average molecular weight is 637 g/mol. The predicted molar refractivity (Wildman–Crippen MR) is 181 cm³/mol. The molecule has 0 saturated carbocycles. The second kappa shape index (κ2) is 15.4. The van der Waals surface area contributed by atoms with E-state index in [1.54, 1.807) is 21.3 Å². The van der Waals surface area contributed by atoms with Crippen LogP contribution < -0.4 is 14.2 Å². The van der Waals surface area contributed by atoms with Crippen LogP contribution in [0.15, 0.2) is 36.4 Å². The Kier molecular flexibility index (Phi) is 12.3. The zero-order chi connectivity index (χ0) is 27.8. The summed E-state index contributed by atoms with van der Waals surface area (Å²) < 4.78 is 17.4. The lowest BCUT2D eigenvalue weighted by atomic mass is 10.1. The van der Waals surface area contributed by atoms with Gasteiger partial charge in [-0.05, 0) is 72.4 Å². The first-order chi connectivity index (χ1) is 18.9. The smallest absolute Gasteiger partial charge is 0.123 e. The number of hydrogen-bond donors (Lipinski definition) is 0. The molecule has 0 N–H and O–H groups in total. The summed E-state index contributed by atoms with van der Waals surface area (Å²) in [5, 5.41) is 0. The fraction of sp³-hybridized carbons (Fsp3) is 0.400. The lowest BCUT2D eigenvalue weighted by molar-refractivity contribution is 0.410. The van der Waals surface area contributed by atoms with E-state index < -0.39 is 0 Å². The molecule has 0 aromatic heterocycles. The van der Waals surface area contributed by atoms with Gasteiger partial charge in [0.05, 0.1) is 21.3 Å². The number of fused-ring (bicyclic) bond motifs is 2. The summed E-state index contributed by atoms with van der Waals surface area (Å²) in [6, 6.07) is 13.6. The van der Waals surface area contributed by atoms with Crippen LogP contribution in [0.1, 0.15) is 50.1 Å². The molecular weight excluding hydrogens is 601 g/mol. The van der Waals surface area contributed by atoms with Crippen molar-refractivity contribution >= 4 is 64.8 Å². The van der Waals surface area contributed by atoms with Gasteiger partial charge in [0, 0.05) is 51.2 Å². The van der Waals surface area contributed by atoms with E-state index >= 15 is 0 Å². The highest BCUT2D eigenvalue weighted by Gasteiger charge is 2.14. The van der Waals surface area contributed by atoms with Crippen LogP contribution in [-0.4, -0.2) is 21.3 Å². The van der Waals surface area contributed by atoms with Crippen molar-refractivity contribution in [3.63, 3.8) is 0 Å². The van der Waals surface area contributed by atoms with Crippen LogP contribution in [0.25, 0.3) is 0 Å². The molecule has 9 heteroatoms. The van der Waals surface area contributed by atoms with E-state index in [0.717, 1.165) is 51.8 Å². The van der Waals surface area contributed by atoms with Crippen molar-refractivity contribution in [2.75, 3.05) is 21.3 Å². The molecule has 210 valence electrons. The first-order valence-corrected chi connectivity index (χ1v) is 20.1. The normalized spacial score (nSPS) is 15.2. The second-order valence-corrected chi connectivity index (χ2v) is 16.7. The predicted octanol–water partition coefficient (Wildman–Crippen LogP) is 10.2. The number of ether oxygens (including phenoxy) is 3. The Morgan fingerprint density at radius 2 is 0.615 bits per heavy atom. The van der Waals surface area contributed by atoms with Gasteiger partial charge >= 0.3 is 0 Å². The van der Waals surface area contributed by atoms with Crippen molar-refractivity contribution in [3.05, 3.63) is 86.5 Å². The molecule has 0 amide bonds. The van der Waals surface area contributed by atoms with Gasteiger partial charge in [0.1, 0.15) is 17.2 Å². The first-order valence-electron chi connectivity index (χ1n) is 12.7. The van der Waals surface area contributed by atoms with Gasteiger partial charge in [-0.3, -0.25) is 0 Å². The summed E-state index contributed by atoms with van der Waals surface area (Å²) in [5.74, 6) is 8.50. The molecule has 6 bridgehead atoms. The van der Waals surface area contributed by atoms with Gasteiger partial charge in [-0.1, -0.05) is 83.0 Å². The Labute approximate surface area is 257 Å². The first kappa shape index (κ1) is 31.1. The third-order valence-electron chi connectivity index (χ3n) is 6.75. The Hall–Kier alpha value is -0.840. The van der Waals surface area contributed by atoms with Gasteiger partial charge in [0.2, 0.25) is 0 Å². The van der Waals surface area contributed by atoms with Crippen molar-refractivity contribution in [2.45, 2.75) is 55.3 Å². The Balaban J connectivity index is 1.60. The van der Waals surface area contributed by atoms with E-state index in [-0.39, 0.29) is 0 Å². The molecule has 0 aliphatic carbocycles. The van der Waals surface area contributed by atoms with Gasteiger partial charge in [0.15, 0.2) is 0 Å². The minimum absolute atomic E-state index is 0.902. The highest BCUT2D eigenvalue weighted by molar-refractivity contribution is 8.76. The molecule has 7 rings (SSSR count). The fourth-order valence-corrected chi connectivity index (χ4v) is 11.0. The van der Waals surface area contributed by atoms with Crippen LogP contribution in [0, 0.1) is 20.8 Å². The molecule has 39 heavy (non-hydrogen) atoms. The summed E-state index contributed by atoms with van der Waals surface area (Å²) in [7, 11) is 16.7. The van der Waals surface area contributed by atoms with Crippen LogP contribution in [0.4, 0.5) is 0 Å². The van der Waals surface area contributed by atoms with Crippen molar-refractivity contribution in [1.29, 1.82) is 0 Å². The highest BCUT2D eigenvalue weighted by atomic mass is 33.1. The zero-order valence-corrected chi connectivity index (χ0v) is 28.3. The lowest BCUT2D eigenvalue weighted by Crippen LogP contribution is -1.97. The summed E-state index contributed by atoms with van der Waals surface area (Å²) in [6.45, 7) is 6.64. The van der Waals surface area contributed by atoms with E-state index in [0.29, 0.717) is 0 Å². The number of hydrogen-bond acceptors (Lipinski definition) is 9. The second-order valence-electron chi connectivity index (χ2n) is 9.34. The molecule has 4 heterocycles. The number of rotatable bonds is 3. The molecule has 0 atom stereocenters. The molecule has 0 radical (unpaired) electrons. The van der Waals surface area contributed by atoms with Crippen molar-refractivity contribution in [2.24, 2.45) is 0 Å². The number of aryl methyl sites for hydroxylation is 3. The van der Waals surface area contributed by atoms with Gasteiger partial charge in [-0.2, -0.15) is 0 Å². The molecular formula is C30H36O3S6. The van der Waals surface area contributed by atoms with Gasteiger partial charge in [-0.25, -0.2) is 0 Å². The molecule has 4 aliphatic heterocycles. The average Bonchev–Trinajstić information content (AvgIpc) is 2.93. The quantitative estimate of drug-likeness (QED) is 0.260. The Morgan fingerprint density at radius 3 is 0.846 bits per heavy atom. The van der Waals surface area contributed by atoms with Crippen LogP contribution in [0.2, 0.25) is 0 Å². The molecule has 4 aliphatic rings. The van der Waals surface area contributed by atoms with Crippen LogP contribution in [0.3, 0.4) is 0 Å². The van der Waals surface area contributed by atoms with E-state index in [4.69, 9.17) is 14.2 Å². The minimum atomic E-state index is 0.902. The van der Waals surface area contributed by atoms with Crippen molar-refractivity contribution < 1.29 is 14.2 Å². The van der Waals surface area contributed by atoms with Crippen molar-refractivity contribution in [1.82, 2.24) is 0 Å². The SMILES string of the molecule is COc1cc2c(C)cc1CSSCc1cc(OC)c(cc1C)CSSCc1cc(C)c(cc1OC)CSSC2. The molecule has 3 aromatic rings. The summed E-state index contributed by atoms with van der Waals surface area (Å²) in [5.41, 5.74) is 11.7. The zero-order valence-electron chi connectivity index (χ0n) is 23.4. The van der Waals surface area contributed by atoms with Crippen molar-refractivity contribution in [3.8, 4) is 17.2 Å². The maximum atomic E-state index is 5.80. The van der Waals surface area contributed by atoms with Crippen LogP contribution >= 0.6 is 64.8 Å². The number of methoxy groups -OCH3 is 3. The molecule has 0 saturated heterocycles. The van der Waals surface area contributed by atoms with Gasteiger partial charge < -0.3 is 14.2 Å². The van der Waals surface area contributed by atoms with E-state index in [9.17, 15) is 0 Å². The molecule has 0 unspecified atom stereocenters. The summed E-state index contributed by atoms with van der Waals surface area (Å²) in [6.07, 6.45) is 0. The van der Waals surface area contributed by atoms with E-state index in [1.165, 1.54) is 50.1 Å². The molecule has 0 spiro atoms. The van der Waals surface area contributed by atoms with Crippen LogP contribution in [-0.2, 0) is 34.5 Å². The van der Waals surface area contributed by atoms with E-state index in [1.807, 2.05) is 64.8 Å². The Morgan fingerprint density at radius 1 is 0.385 bits per heavy atom. The third-order valence-corrected chi connectivity index (χ3v) is 13.4. The fourth-order valence-electron chi connectivity index (χ4n) is 4.38. The van der Waals surface area contributed by atoms with Crippen LogP contribution in [0.5, 0.6) is 17.2 Å². The third kappa shape index (κ3) is 8.35. The molecule has 0 fully saturated rings. The summed E-state index contributed by atoms with van der Waals surface area (Å²) in [4.78, 5) is 0. The maximum absolute atomic E-state index is 5.80.